The van der Waals surface area contributed by atoms with E-state index in [2.05, 4.69) is 4.90 Å². The highest BCUT2D eigenvalue weighted by molar-refractivity contribution is 5.83. The first-order valence-electron chi connectivity index (χ1n) is 6.13. The van der Waals surface area contributed by atoms with Gasteiger partial charge in [0.05, 0.1) is 0 Å². The van der Waals surface area contributed by atoms with Crippen molar-refractivity contribution in [3.63, 3.8) is 0 Å². The number of piperazine rings is 1. The predicted octanol–water partition coefficient (Wildman–Crippen LogP) is 1.02. The van der Waals surface area contributed by atoms with Crippen LogP contribution in [0, 0.1) is 0 Å². The van der Waals surface area contributed by atoms with Gasteiger partial charge in [-0.3, -0.25) is 4.79 Å². The lowest BCUT2D eigenvalue weighted by atomic mass is 10.1. The fourth-order valence-corrected chi connectivity index (χ4v) is 2.10. The summed E-state index contributed by atoms with van der Waals surface area (Å²) in [6.07, 6.45) is 0. The third-order valence-corrected chi connectivity index (χ3v) is 3.39. The van der Waals surface area contributed by atoms with Crippen LogP contribution in [0.5, 0.6) is 0 Å². The van der Waals surface area contributed by atoms with Crippen molar-refractivity contribution in [3.8, 4) is 0 Å². The van der Waals surface area contributed by atoms with Crippen molar-refractivity contribution in [1.82, 2.24) is 4.90 Å². The molecule has 1 aliphatic heterocycles. The molecule has 0 aromatic heterocycles. The van der Waals surface area contributed by atoms with E-state index in [1.807, 2.05) is 11.9 Å². The molecule has 2 N–H and O–H groups in total. The van der Waals surface area contributed by atoms with Gasteiger partial charge in [-0.15, -0.1) is 0 Å². The summed E-state index contributed by atoms with van der Waals surface area (Å²) in [5.41, 5.74) is 5.09. The number of alkyl halides is 2. The van der Waals surface area contributed by atoms with E-state index in [4.69, 9.17) is 5.73 Å². The molecule has 0 spiro atoms. The highest BCUT2D eigenvalue weighted by atomic mass is 19.3. The fraction of sp³-hybridized carbons (Fsp3) is 0.462. The van der Waals surface area contributed by atoms with Gasteiger partial charge >= 0.3 is 5.92 Å². The lowest BCUT2D eigenvalue weighted by Crippen LogP contribution is -2.44. The minimum Gasteiger partial charge on any atom is -0.369 e. The maximum Gasteiger partial charge on any atom is 0.349 e. The first-order valence-corrected chi connectivity index (χ1v) is 6.13. The maximum absolute atomic E-state index is 13.6. The van der Waals surface area contributed by atoms with Crippen LogP contribution in [0.25, 0.3) is 0 Å². The van der Waals surface area contributed by atoms with E-state index >= 15 is 0 Å². The number of nitrogens with zero attached hydrogens (tertiary/aromatic N) is 2. The fourth-order valence-electron chi connectivity index (χ4n) is 2.10. The molecule has 4 nitrogen and oxygen atoms in total. The summed E-state index contributed by atoms with van der Waals surface area (Å²) < 4.78 is 27.2. The van der Waals surface area contributed by atoms with E-state index in [0.717, 1.165) is 26.2 Å². The minimum absolute atomic E-state index is 0.351. The Morgan fingerprint density at radius 3 is 2.47 bits per heavy atom. The molecular weight excluding hydrogens is 252 g/mol. The number of hydrogen-bond acceptors (Lipinski definition) is 3. The Morgan fingerprint density at radius 2 is 1.89 bits per heavy atom. The highest BCUT2D eigenvalue weighted by Crippen LogP contribution is 2.30. The molecule has 104 valence electrons. The van der Waals surface area contributed by atoms with Crippen LogP contribution in [0.4, 0.5) is 14.5 Å². The van der Waals surface area contributed by atoms with Crippen molar-refractivity contribution < 1.29 is 13.6 Å². The number of carbonyl (C=O) groups is 1. The second kappa shape index (κ2) is 5.13. The molecule has 1 fully saturated rings. The SMILES string of the molecule is CN1CCN(c2cccc(C(F)(F)C(N)=O)c2)CC1. The Labute approximate surface area is 110 Å². The summed E-state index contributed by atoms with van der Waals surface area (Å²) in [6, 6.07) is 5.87. The summed E-state index contributed by atoms with van der Waals surface area (Å²) in [7, 11) is 2.02. The molecule has 6 heteroatoms. The van der Waals surface area contributed by atoms with Gasteiger partial charge in [0.15, 0.2) is 0 Å². The molecule has 0 aliphatic carbocycles. The largest absolute Gasteiger partial charge is 0.369 e. The Morgan fingerprint density at radius 1 is 1.26 bits per heavy atom. The summed E-state index contributed by atoms with van der Waals surface area (Å²) in [5, 5.41) is 0. The van der Waals surface area contributed by atoms with E-state index in [1.54, 1.807) is 6.07 Å². The van der Waals surface area contributed by atoms with Gasteiger partial charge in [0, 0.05) is 37.4 Å². The molecule has 19 heavy (non-hydrogen) atoms. The van der Waals surface area contributed by atoms with Crippen LogP contribution in [0.15, 0.2) is 24.3 Å². The van der Waals surface area contributed by atoms with Gasteiger partial charge in [-0.1, -0.05) is 12.1 Å². The third kappa shape index (κ3) is 2.84. The van der Waals surface area contributed by atoms with Crippen LogP contribution in [-0.4, -0.2) is 44.0 Å². The average Bonchev–Trinajstić information content (AvgIpc) is 2.39. The van der Waals surface area contributed by atoms with Gasteiger partial charge < -0.3 is 15.5 Å². The maximum atomic E-state index is 13.6. The Bertz CT molecular complexity index is 471. The Balaban J connectivity index is 2.22. The molecule has 2 rings (SSSR count). The number of likely N-dealkylation sites (N-methyl/N-ethyl adjacent to an activating group) is 1. The van der Waals surface area contributed by atoms with Gasteiger partial charge in [-0.05, 0) is 19.2 Å². The van der Waals surface area contributed by atoms with Crippen LogP contribution in [-0.2, 0) is 10.7 Å². The van der Waals surface area contributed by atoms with E-state index in [0.29, 0.717) is 5.69 Å². The Hall–Kier alpha value is -1.69. The topological polar surface area (TPSA) is 49.6 Å². The van der Waals surface area contributed by atoms with Crippen molar-refractivity contribution in [1.29, 1.82) is 0 Å². The van der Waals surface area contributed by atoms with Crippen molar-refractivity contribution in [3.05, 3.63) is 29.8 Å². The number of hydrogen-bond donors (Lipinski definition) is 1. The number of rotatable bonds is 3. The van der Waals surface area contributed by atoms with Crippen LogP contribution in [0.3, 0.4) is 0 Å². The van der Waals surface area contributed by atoms with Crippen molar-refractivity contribution >= 4 is 11.6 Å². The first kappa shape index (κ1) is 13.7. The summed E-state index contributed by atoms with van der Waals surface area (Å²) in [4.78, 5) is 15.0. The first-order chi connectivity index (χ1) is 8.91. The zero-order chi connectivity index (χ0) is 14.0. The number of nitrogens with two attached hydrogens (primary N) is 1. The van der Waals surface area contributed by atoms with Crippen LogP contribution in [0.1, 0.15) is 5.56 Å². The molecule has 1 saturated heterocycles. The molecular formula is C13H17F2N3O. The normalized spacial score (nSPS) is 17.5. The van der Waals surface area contributed by atoms with E-state index in [1.165, 1.54) is 18.2 Å². The average molecular weight is 269 g/mol. The number of amides is 1. The predicted molar refractivity (Wildman–Crippen MR) is 69.2 cm³/mol. The highest BCUT2D eigenvalue weighted by Gasteiger charge is 2.39. The molecule has 0 radical (unpaired) electrons. The Kier molecular flexibility index (Phi) is 3.71. The lowest BCUT2D eigenvalue weighted by molar-refractivity contribution is -0.143. The molecule has 0 saturated carbocycles. The van der Waals surface area contributed by atoms with E-state index < -0.39 is 11.8 Å². The molecule has 1 aromatic carbocycles. The van der Waals surface area contributed by atoms with Gasteiger partial charge in [0.2, 0.25) is 0 Å². The van der Waals surface area contributed by atoms with Gasteiger partial charge in [-0.25, -0.2) is 0 Å². The smallest absolute Gasteiger partial charge is 0.349 e. The van der Waals surface area contributed by atoms with Crippen molar-refractivity contribution in [2.24, 2.45) is 5.73 Å². The van der Waals surface area contributed by atoms with E-state index in [9.17, 15) is 13.6 Å². The van der Waals surface area contributed by atoms with Crippen molar-refractivity contribution in [2.45, 2.75) is 5.92 Å². The molecule has 1 aliphatic rings. The van der Waals surface area contributed by atoms with Gasteiger partial charge in [0.1, 0.15) is 0 Å². The molecule has 1 heterocycles. The second-order valence-electron chi connectivity index (χ2n) is 4.78. The number of anilines is 1. The number of carbonyl (C=O) groups excluding carboxylic acids is 1. The summed E-state index contributed by atoms with van der Waals surface area (Å²) >= 11 is 0. The quantitative estimate of drug-likeness (QED) is 0.891. The van der Waals surface area contributed by atoms with Crippen LogP contribution >= 0.6 is 0 Å². The molecule has 0 unspecified atom stereocenters. The monoisotopic (exact) mass is 269 g/mol. The lowest BCUT2D eigenvalue weighted by Gasteiger charge is -2.34. The molecule has 1 amide bonds. The molecule has 1 aromatic rings. The standard InChI is InChI=1S/C13H17F2N3O/c1-17-5-7-18(8-6-17)11-4-2-3-10(9-11)13(14,15)12(16)19/h2-4,9H,5-8H2,1H3,(H2,16,19). The third-order valence-electron chi connectivity index (χ3n) is 3.39. The number of benzene rings is 1. The van der Waals surface area contributed by atoms with Gasteiger partial charge in [0.25, 0.3) is 5.91 Å². The summed E-state index contributed by atoms with van der Waals surface area (Å²) in [6.45, 7) is 3.33. The molecule has 0 atom stereocenters. The minimum atomic E-state index is -3.62. The van der Waals surface area contributed by atoms with Crippen molar-refractivity contribution in [2.75, 3.05) is 38.1 Å². The zero-order valence-corrected chi connectivity index (χ0v) is 10.8. The second-order valence-corrected chi connectivity index (χ2v) is 4.78. The zero-order valence-electron chi connectivity index (χ0n) is 10.8. The van der Waals surface area contributed by atoms with Gasteiger partial charge in [-0.2, -0.15) is 8.78 Å². The van der Waals surface area contributed by atoms with E-state index in [-0.39, 0.29) is 5.56 Å². The number of halogens is 2. The molecule has 0 bridgehead atoms. The van der Waals surface area contributed by atoms with Crippen LogP contribution < -0.4 is 10.6 Å². The number of primary amides is 1. The summed E-state index contributed by atoms with van der Waals surface area (Å²) in [5.74, 6) is -5.24. The van der Waals surface area contributed by atoms with Crippen LogP contribution in [0.2, 0.25) is 0 Å².